The van der Waals surface area contributed by atoms with Gasteiger partial charge in [0.25, 0.3) is 5.56 Å². The molecular formula is C30H36FN3O5. The molecular weight excluding hydrogens is 501 g/mol. The molecule has 0 radical (unpaired) electrons. The quantitative estimate of drug-likeness (QED) is 0.361. The normalized spacial score (nSPS) is 18.8. The van der Waals surface area contributed by atoms with Gasteiger partial charge in [-0.2, -0.15) is 0 Å². The number of ether oxygens (including phenoxy) is 1. The van der Waals surface area contributed by atoms with Crippen LogP contribution in [0.5, 0.6) is 0 Å². The third-order valence-electron chi connectivity index (χ3n) is 8.34. The lowest BCUT2D eigenvalue weighted by molar-refractivity contribution is -0.157. The van der Waals surface area contributed by atoms with Gasteiger partial charge in [-0.15, -0.1) is 0 Å². The standard InChI is InChI=1S/C28H30FN3O5.C2H6/c1-14-16-6-5-15(4-3-7-31(2)8-9-33)23-18-12-32-22(25(18)30-21(24(16)23)11-20(14)29)10-17-19(27(32)35)13-37-28(36)26(17)34;1-2/h10-11,15,26,33-34H,3-9,12-13H2,1-2H3;1-2H3/t15-,26?;/m1./s1. The van der Waals surface area contributed by atoms with E-state index >= 15 is 0 Å². The lowest BCUT2D eigenvalue weighted by atomic mass is 9.76. The fraction of sp³-hybridized carbons (Fsp3) is 0.500. The summed E-state index contributed by atoms with van der Waals surface area (Å²) in [4.78, 5) is 32.4. The zero-order chi connectivity index (χ0) is 28.0. The van der Waals surface area contributed by atoms with Crippen molar-refractivity contribution in [1.29, 1.82) is 0 Å². The molecule has 0 fully saturated rings. The molecule has 3 aromatic rings. The topological polar surface area (TPSA) is 105 Å². The molecule has 9 heteroatoms. The van der Waals surface area contributed by atoms with Crippen molar-refractivity contribution in [3.8, 4) is 11.4 Å². The number of pyridine rings is 2. The summed E-state index contributed by atoms with van der Waals surface area (Å²) in [5.74, 6) is -0.830. The van der Waals surface area contributed by atoms with Crippen LogP contribution in [0.4, 0.5) is 4.39 Å². The first-order valence-corrected chi connectivity index (χ1v) is 13.9. The number of nitrogens with zero attached hydrogens (tertiary/aromatic N) is 3. The predicted molar refractivity (Wildman–Crippen MR) is 146 cm³/mol. The molecule has 2 aromatic heterocycles. The number of carbonyl (C=O) groups excluding carboxylic acids is 1. The van der Waals surface area contributed by atoms with Crippen molar-refractivity contribution in [3.63, 3.8) is 0 Å². The van der Waals surface area contributed by atoms with E-state index < -0.39 is 12.1 Å². The number of benzene rings is 1. The maximum atomic E-state index is 14.9. The highest BCUT2D eigenvalue weighted by molar-refractivity contribution is 5.93. The molecule has 208 valence electrons. The minimum Gasteiger partial charge on any atom is -0.458 e. The van der Waals surface area contributed by atoms with Gasteiger partial charge >= 0.3 is 5.97 Å². The Balaban J connectivity index is 0.00000151. The lowest BCUT2D eigenvalue weighted by Crippen LogP contribution is -2.32. The number of fused-ring (bicyclic) bond motifs is 5. The van der Waals surface area contributed by atoms with Crippen LogP contribution in [0.15, 0.2) is 16.9 Å². The van der Waals surface area contributed by atoms with E-state index in [2.05, 4.69) is 4.90 Å². The molecule has 0 saturated heterocycles. The summed E-state index contributed by atoms with van der Waals surface area (Å²) >= 11 is 0. The number of cyclic esters (lactones) is 1. The molecule has 8 nitrogen and oxygen atoms in total. The number of likely N-dealkylation sites (N-methyl/N-ethyl adjacent to an activating group) is 1. The number of aryl methyl sites for hydroxylation is 1. The number of carbonyl (C=O) groups is 1. The molecule has 3 aliphatic rings. The van der Waals surface area contributed by atoms with E-state index in [4.69, 9.17) is 9.72 Å². The van der Waals surface area contributed by atoms with Gasteiger partial charge in [-0.3, -0.25) is 4.79 Å². The number of hydrogen-bond donors (Lipinski definition) is 2. The molecule has 2 atom stereocenters. The highest BCUT2D eigenvalue weighted by Gasteiger charge is 2.37. The van der Waals surface area contributed by atoms with Gasteiger partial charge in [-0.1, -0.05) is 13.8 Å². The predicted octanol–water partition coefficient (Wildman–Crippen LogP) is 3.72. The first-order valence-electron chi connectivity index (χ1n) is 13.9. The first kappa shape index (κ1) is 27.4. The molecule has 0 amide bonds. The van der Waals surface area contributed by atoms with Gasteiger partial charge in [0.05, 0.1) is 35.6 Å². The molecule has 1 aromatic carbocycles. The van der Waals surface area contributed by atoms with Gasteiger partial charge in [0.1, 0.15) is 12.4 Å². The van der Waals surface area contributed by atoms with Crippen molar-refractivity contribution >= 4 is 16.9 Å². The molecule has 6 rings (SSSR count). The molecule has 39 heavy (non-hydrogen) atoms. The number of aromatic nitrogens is 2. The van der Waals surface area contributed by atoms with Crippen molar-refractivity contribution in [3.05, 3.63) is 61.7 Å². The van der Waals surface area contributed by atoms with Crippen LogP contribution in [0.1, 0.15) is 78.5 Å². The minimum absolute atomic E-state index is 0.124. The number of rotatable bonds is 6. The van der Waals surface area contributed by atoms with Crippen LogP contribution in [0, 0.1) is 12.7 Å². The van der Waals surface area contributed by atoms with Crippen molar-refractivity contribution in [2.24, 2.45) is 0 Å². The Morgan fingerprint density at radius 2 is 1.95 bits per heavy atom. The maximum Gasteiger partial charge on any atom is 0.340 e. The van der Waals surface area contributed by atoms with E-state index in [0.29, 0.717) is 35.6 Å². The average Bonchev–Trinajstić information content (AvgIpc) is 3.30. The average molecular weight is 538 g/mol. The summed E-state index contributed by atoms with van der Waals surface area (Å²) < 4.78 is 21.6. The fourth-order valence-corrected chi connectivity index (χ4v) is 6.38. The van der Waals surface area contributed by atoms with Crippen molar-refractivity contribution in [2.45, 2.75) is 71.6 Å². The van der Waals surface area contributed by atoms with Gasteiger partial charge in [0.2, 0.25) is 0 Å². The second-order valence-electron chi connectivity index (χ2n) is 10.5. The molecule has 2 aliphatic heterocycles. The van der Waals surface area contributed by atoms with Crippen molar-refractivity contribution < 1.29 is 24.1 Å². The van der Waals surface area contributed by atoms with Crippen molar-refractivity contribution in [1.82, 2.24) is 14.5 Å². The largest absolute Gasteiger partial charge is 0.458 e. The van der Waals surface area contributed by atoms with Crippen LogP contribution in [0.2, 0.25) is 0 Å². The fourth-order valence-electron chi connectivity index (χ4n) is 6.38. The van der Waals surface area contributed by atoms with E-state index in [1.54, 1.807) is 10.6 Å². The molecule has 2 N–H and O–H groups in total. The number of aliphatic hydroxyl groups is 2. The van der Waals surface area contributed by atoms with Crippen LogP contribution in [0.3, 0.4) is 0 Å². The molecule has 4 heterocycles. The first-order chi connectivity index (χ1) is 18.8. The number of esters is 1. The summed E-state index contributed by atoms with van der Waals surface area (Å²) in [5.41, 5.74) is 5.73. The van der Waals surface area contributed by atoms with Crippen LogP contribution >= 0.6 is 0 Å². The second-order valence-corrected chi connectivity index (χ2v) is 10.5. The highest BCUT2D eigenvalue weighted by Crippen LogP contribution is 2.47. The molecule has 0 saturated carbocycles. The summed E-state index contributed by atoms with van der Waals surface area (Å²) in [5, 5.41) is 20.6. The van der Waals surface area contributed by atoms with E-state index in [0.717, 1.165) is 54.3 Å². The number of aliphatic hydroxyl groups excluding tert-OH is 2. The highest BCUT2D eigenvalue weighted by atomic mass is 19.1. The van der Waals surface area contributed by atoms with Crippen LogP contribution < -0.4 is 5.56 Å². The SMILES string of the molecule is CC.Cc1c(F)cc2nc3c(c4c2c1CC[C@H]4CCCN(C)CCO)Cn1c-3cc2c(c1=O)COC(=O)C2O. The summed E-state index contributed by atoms with van der Waals surface area (Å²) in [6.07, 6.45) is 2.02. The van der Waals surface area contributed by atoms with Crippen LogP contribution in [0.25, 0.3) is 22.3 Å². The Morgan fingerprint density at radius 3 is 2.69 bits per heavy atom. The smallest absolute Gasteiger partial charge is 0.340 e. The van der Waals surface area contributed by atoms with Crippen molar-refractivity contribution in [2.75, 3.05) is 26.7 Å². The number of halogens is 1. The zero-order valence-electron chi connectivity index (χ0n) is 23.0. The monoisotopic (exact) mass is 537 g/mol. The van der Waals surface area contributed by atoms with Gasteiger partial charge in [-0.05, 0) is 74.9 Å². The van der Waals surface area contributed by atoms with Gasteiger partial charge < -0.3 is 24.4 Å². The van der Waals surface area contributed by atoms with Crippen LogP contribution in [-0.2, 0) is 29.1 Å². The number of hydrogen-bond acceptors (Lipinski definition) is 7. The van der Waals surface area contributed by atoms with Gasteiger partial charge in [0, 0.05) is 29.1 Å². The zero-order valence-corrected chi connectivity index (χ0v) is 23.0. The van der Waals surface area contributed by atoms with Gasteiger partial charge in [-0.25, -0.2) is 14.2 Å². The Kier molecular flexibility index (Phi) is 7.59. The summed E-state index contributed by atoms with van der Waals surface area (Å²) in [6.45, 7) is 7.61. The third-order valence-corrected chi connectivity index (χ3v) is 8.34. The molecule has 1 aliphatic carbocycles. The van der Waals surface area contributed by atoms with Crippen LogP contribution in [-0.4, -0.2) is 57.4 Å². The summed E-state index contributed by atoms with van der Waals surface area (Å²) in [6, 6.07) is 3.16. The minimum atomic E-state index is -1.51. The van der Waals surface area contributed by atoms with E-state index in [-0.39, 0.29) is 41.6 Å². The van der Waals surface area contributed by atoms with Gasteiger partial charge in [0.15, 0.2) is 6.10 Å². The second kappa shape index (κ2) is 10.8. The molecule has 0 bridgehead atoms. The van der Waals surface area contributed by atoms with E-state index in [1.165, 1.54) is 6.07 Å². The Bertz CT molecular complexity index is 1520. The molecule has 1 unspecified atom stereocenters. The molecule has 0 spiro atoms. The van der Waals surface area contributed by atoms with E-state index in [1.807, 2.05) is 27.8 Å². The third kappa shape index (κ3) is 4.46. The van der Waals surface area contributed by atoms with E-state index in [9.17, 15) is 24.2 Å². The summed E-state index contributed by atoms with van der Waals surface area (Å²) in [7, 11) is 1.99. The Morgan fingerprint density at radius 1 is 1.18 bits per heavy atom. The Hall–Kier alpha value is -3.14. The maximum absolute atomic E-state index is 14.9. The lowest BCUT2D eigenvalue weighted by Gasteiger charge is -2.29. The Labute approximate surface area is 227 Å².